The summed E-state index contributed by atoms with van der Waals surface area (Å²) in [5.41, 5.74) is 0.159. The maximum Gasteiger partial charge on any atom is 0.360 e. The zero-order valence-corrected chi connectivity index (χ0v) is 16.6. The largest absolute Gasteiger partial charge is 0.464 e. The van der Waals surface area contributed by atoms with E-state index in [9.17, 15) is 9.59 Å². The lowest BCUT2D eigenvalue weighted by atomic mass is 9.75. The van der Waals surface area contributed by atoms with Crippen LogP contribution in [0.25, 0.3) is 0 Å². The maximum atomic E-state index is 12.4. The molecule has 2 fully saturated rings. The average Bonchev–Trinajstić information content (AvgIpc) is 3.07. The first-order valence-corrected chi connectivity index (χ1v) is 9.82. The fourth-order valence-corrected chi connectivity index (χ4v) is 4.09. The van der Waals surface area contributed by atoms with E-state index in [0.29, 0.717) is 36.7 Å². The average molecular weight is 378 g/mol. The molecule has 27 heavy (non-hydrogen) atoms. The van der Waals surface area contributed by atoms with Crippen molar-refractivity contribution >= 4 is 11.9 Å². The van der Waals surface area contributed by atoms with E-state index in [1.54, 1.807) is 4.90 Å². The van der Waals surface area contributed by atoms with Gasteiger partial charge in [-0.25, -0.2) is 9.78 Å². The van der Waals surface area contributed by atoms with E-state index in [0.717, 1.165) is 6.42 Å². The molecule has 0 bridgehead atoms. The van der Waals surface area contributed by atoms with E-state index >= 15 is 0 Å². The molecule has 1 aliphatic carbocycles. The Morgan fingerprint density at radius 1 is 1.33 bits per heavy atom. The highest BCUT2D eigenvalue weighted by molar-refractivity contribution is 5.86. The molecule has 0 aromatic carbocycles. The molecular formula is C20H30N2O5. The van der Waals surface area contributed by atoms with Gasteiger partial charge < -0.3 is 18.8 Å². The normalized spacial score (nSPS) is 26.1. The van der Waals surface area contributed by atoms with Crippen molar-refractivity contribution in [2.24, 2.45) is 17.8 Å². The van der Waals surface area contributed by atoms with Gasteiger partial charge in [-0.1, -0.05) is 27.2 Å². The second-order valence-corrected chi connectivity index (χ2v) is 8.23. The summed E-state index contributed by atoms with van der Waals surface area (Å²) in [5.74, 6) is 1.73. The van der Waals surface area contributed by atoms with Gasteiger partial charge in [-0.2, -0.15) is 0 Å². The molecule has 1 saturated heterocycles. The first-order chi connectivity index (χ1) is 12.9. The summed E-state index contributed by atoms with van der Waals surface area (Å²) < 4.78 is 16.0. The van der Waals surface area contributed by atoms with Crippen LogP contribution in [0.1, 0.15) is 62.3 Å². The van der Waals surface area contributed by atoms with Crippen LogP contribution in [-0.4, -0.2) is 54.7 Å². The third-order valence-electron chi connectivity index (χ3n) is 5.88. The number of ether oxygens (including phenoxy) is 2. The van der Waals surface area contributed by atoms with Crippen molar-refractivity contribution in [3.63, 3.8) is 0 Å². The molecule has 1 saturated carbocycles. The molecule has 2 aliphatic rings. The quantitative estimate of drug-likeness (QED) is 0.708. The number of aromatic nitrogens is 1. The van der Waals surface area contributed by atoms with Crippen LogP contribution in [0.15, 0.2) is 10.7 Å². The van der Waals surface area contributed by atoms with E-state index in [1.165, 1.54) is 26.2 Å². The number of rotatable bonds is 6. The molecule has 1 aromatic heterocycles. The van der Waals surface area contributed by atoms with Crippen molar-refractivity contribution in [3.8, 4) is 0 Å². The van der Waals surface area contributed by atoms with Gasteiger partial charge in [-0.15, -0.1) is 0 Å². The maximum absolute atomic E-state index is 12.4. The first kappa shape index (κ1) is 19.9. The van der Waals surface area contributed by atoms with Crippen molar-refractivity contribution in [3.05, 3.63) is 17.8 Å². The van der Waals surface area contributed by atoms with Crippen LogP contribution in [-0.2, 0) is 14.3 Å². The molecule has 1 amide bonds. The minimum atomic E-state index is -0.521. The molecule has 7 nitrogen and oxygen atoms in total. The van der Waals surface area contributed by atoms with Crippen LogP contribution >= 0.6 is 0 Å². The summed E-state index contributed by atoms with van der Waals surface area (Å²) in [6.07, 6.45) is 4.92. The van der Waals surface area contributed by atoms with Gasteiger partial charge in [0.2, 0.25) is 11.8 Å². The highest BCUT2D eigenvalue weighted by Gasteiger charge is 2.37. The Hall–Kier alpha value is -1.89. The van der Waals surface area contributed by atoms with E-state index < -0.39 is 5.97 Å². The Labute approximate surface area is 160 Å². The van der Waals surface area contributed by atoms with Crippen molar-refractivity contribution in [2.45, 2.75) is 52.1 Å². The standard InChI is InChI=1S/C20H30N2O5/c1-12(2)15-6-5-13(3)7-17(15)26-11-18(23)22-8-14(9-22)19-21-16(10-27-19)20(24)25-4/h10,12-15,17H,5-9,11H2,1-4H3. The summed E-state index contributed by atoms with van der Waals surface area (Å²) in [4.78, 5) is 29.8. The van der Waals surface area contributed by atoms with Crippen LogP contribution in [0.3, 0.4) is 0 Å². The third kappa shape index (κ3) is 4.51. The molecular weight excluding hydrogens is 348 g/mol. The lowest BCUT2D eigenvalue weighted by Gasteiger charge is -2.39. The summed E-state index contributed by atoms with van der Waals surface area (Å²) in [5, 5.41) is 0. The van der Waals surface area contributed by atoms with Crippen molar-refractivity contribution in [1.82, 2.24) is 9.88 Å². The molecule has 150 valence electrons. The molecule has 7 heteroatoms. The molecule has 0 N–H and O–H groups in total. The van der Waals surface area contributed by atoms with E-state index in [1.807, 2.05) is 0 Å². The Kier molecular flexibility index (Phi) is 6.19. The Bertz CT molecular complexity index is 665. The number of hydrogen-bond donors (Lipinski definition) is 0. The van der Waals surface area contributed by atoms with Crippen molar-refractivity contribution in [1.29, 1.82) is 0 Å². The molecule has 0 spiro atoms. The molecule has 3 unspecified atom stereocenters. The topological polar surface area (TPSA) is 81.9 Å². The van der Waals surface area contributed by atoms with Crippen LogP contribution in [0.2, 0.25) is 0 Å². The second kappa shape index (κ2) is 8.42. The van der Waals surface area contributed by atoms with E-state index in [4.69, 9.17) is 9.15 Å². The van der Waals surface area contributed by atoms with Crippen LogP contribution in [0.5, 0.6) is 0 Å². The molecule has 0 radical (unpaired) electrons. The number of hydrogen-bond acceptors (Lipinski definition) is 6. The predicted molar refractivity (Wildman–Crippen MR) is 98.2 cm³/mol. The summed E-state index contributed by atoms with van der Waals surface area (Å²) >= 11 is 0. The molecule has 1 aliphatic heterocycles. The lowest BCUT2D eigenvalue weighted by Crippen LogP contribution is -2.50. The summed E-state index contributed by atoms with van der Waals surface area (Å²) in [6, 6.07) is 0. The lowest BCUT2D eigenvalue weighted by molar-refractivity contribution is -0.146. The summed E-state index contributed by atoms with van der Waals surface area (Å²) in [6.45, 7) is 7.94. The van der Waals surface area contributed by atoms with Crippen molar-refractivity contribution in [2.75, 3.05) is 26.8 Å². The number of carbonyl (C=O) groups is 2. The van der Waals surface area contributed by atoms with Gasteiger partial charge in [-0.3, -0.25) is 4.79 Å². The monoisotopic (exact) mass is 378 g/mol. The van der Waals surface area contributed by atoms with Gasteiger partial charge in [0, 0.05) is 13.1 Å². The number of likely N-dealkylation sites (tertiary alicyclic amines) is 1. The zero-order chi connectivity index (χ0) is 19.6. The Morgan fingerprint density at radius 3 is 2.74 bits per heavy atom. The third-order valence-corrected chi connectivity index (χ3v) is 5.88. The first-order valence-electron chi connectivity index (χ1n) is 9.82. The van der Waals surface area contributed by atoms with Crippen molar-refractivity contribution < 1.29 is 23.5 Å². The van der Waals surface area contributed by atoms with E-state index in [2.05, 4.69) is 30.5 Å². The van der Waals surface area contributed by atoms with Gasteiger partial charge in [0.25, 0.3) is 0 Å². The van der Waals surface area contributed by atoms with Crippen LogP contribution in [0.4, 0.5) is 0 Å². The number of methoxy groups -OCH3 is 1. The SMILES string of the molecule is COC(=O)c1coc(C2CN(C(=O)COC3CC(C)CCC3C(C)C)C2)n1. The van der Waals surface area contributed by atoms with E-state index in [-0.39, 0.29) is 30.2 Å². The van der Waals surface area contributed by atoms with Crippen LogP contribution < -0.4 is 0 Å². The number of esters is 1. The number of carbonyl (C=O) groups excluding carboxylic acids is 2. The highest BCUT2D eigenvalue weighted by Crippen LogP contribution is 2.35. The zero-order valence-electron chi connectivity index (χ0n) is 16.6. The number of oxazole rings is 1. The number of amides is 1. The van der Waals surface area contributed by atoms with Gasteiger partial charge in [-0.05, 0) is 30.6 Å². The van der Waals surface area contributed by atoms with Gasteiger partial charge >= 0.3 is 5.97 Å². The molecule has 1 aromatic rings. The Morgan fingerprint density at radius 2 is 2.07 bits per heavy atom. The molecule has 3 atom stereocenters. The van der Waals surface area contributed by atoms with Gasteiger partial charge in [0.05, 0.1) is 19.1 Å². The molecule has 3 rings (SSSR count). The van der Waals surface area contributed by atoms with Gasteiger partial charge in [0.1, 0.15) is 12.9 Å². The van der Waals surface area contributed by atoms with Crippen LogP contribution in [0, 0.1) is 17.8 Å². The Balaban J connectivity index is 1.46. The second-order valence-electron chi connectivity index (χ2n) is 8.23. The minimum Gasteiger partial charge on any atom is -0.464 e. The smallest absolute Gasteiger partial charge is 0.360 e. The van der Waals surface area contributed by atoms with Gasteiger partial charge in [0.15, 0.2) is 5.69 Å². The predicted octanol–water partition coefficient (Wildman–Crippen LogP) is 2.86. The summed E-state index contributed by atoms with van der Waals surface area (Å²) in [7, 11) is 1.30. The number of nitrogens with zero attached hydrogens (tertiary/aromatic N) is 2. The fourth-order valence-electron chi connectivity index (χ4n) is 4.09. The fraction of sp³-hybridized carbons (Fsp3) is 0.750. The molecule has 2 heterocycles. The minimum absolute atomic E-state index is 0.00623. The highest BCUT2D eigenvalue weighted by atomic mass is 16.5.